The van der Waals surface area contributed by atoms with Gasteiger partial charge in [0.05, 0.1) is 9.40 Å². The molecule has 0 spiro atoms. The number of furan rings is 1. The first-order valence-corrected chi connectivity index (χ1v) is 6.55. The van der Waals surface area contributed by atoms with Crippen LogP contribution in [0.2, 0.25) is 0 Å². The number of fused-ring (bicyclic) bond motifs is 3. The number of carbonyl (C=O) groups is 2. The Morgan fingerprint density at radius 1 is 1.40 bits per heavy atom. The van der Waals surface area contributed by atoms with E-state index in [-0.39, 0.29) is 18.1 Å². The number of nitrogens with two attached hydrogens (primary N) is 2. The molecule has 4 N–H and O–H groups in total. The van der Waals surface area contributed by atoms with Crippen molar-refractivity contribution in [3.05, 3.63) is 24.0 Å². The van der Waals surface area contributed by atoms with E-state index in [0.717, 1.165) is 10.1 Å². The molecule has 0 aliphatic carbocycles. The van der Waals surface area contributed by atoms with Gasteiger partial charge in [0.25, 0.3) is 5.91 Å². The van der Waals surface area contributed by atoms with Gasteiger partial charge in [-0.05, 0) is 12.1 Å². The topological polar surface area (TPSA) is 109 Å². The molecule has 0 aliphatic rings. The summed E-state index contributed by atoms with van der Waals surface area (Å²) in [5, 5.41) is 0.771. The molecule has 3 aromatic rings. The van der Waals surface area contributed by atoms with E-state index in [1.807, 2.05) is 6.07 Å². The molecule has 0 atom stereocenters. The van der Waals surface area contributed by atoms with Crippen molar-refractivity contribution in [2.24, 2.45) is 5.73 Å². The first-order valence-electron chi connectivity index (χ1n) is 5.73. The molecular weight excluding hydrogens is 280 g/mol. The molecule has 2 aromatic heterocycles. The summed E-state index contributed by atoms with van der Waals surface area (Å²) in [5.74, 6) is -0.161. The molecule has 1 aromatic carbocycles. The molecule has 0 saturated carbocycles. The number of aldehydes is 1. The third kappa shape index (κ3) is 1.71. The molecule has 2 heterocycles. The maximum Gasteiger partial charge on any atom is 0.286 e. The van der Waals surface area contributed by atoms with Gasteiger partial charge >= 0.3 is 0 Å². The predicted molar refractivity (Wildman–Crippen MR) is 76.1 cm³/mol. The zero-order valence-electron chi connectivity index (χ0n) is 10.2. The Morgan fingerprint density at radius 2 is 2.20 bits per heavy atom. The number of thiophene rings is 1. The van der Waals surface area contributed by atoms with E-state index >= 15 is 0 Å². The van der Waals surface area contributed by atoms with Gasteiger partial charge in [-0.3, -0.25) is 9.59 Å². The van der Waals surface area contributed by atoms with Crippen molar-refractivity contribution in [3.8, 4) is 5.75 Å². The highest BCUT2D eigenvalue weighted by Gasteiger charge is 2.21. The number of benzene rings is 1. The largest absolute Gasteiger partial charge is 0.485 e. The van der Waals surface area contributed by atoms with Gasteiger partial charge in [0, 0.05) is 5.39 Å². The minimum Gasteiger partial charge on any atom is -0.485 e. The van der Waals surface area contributed by atoms with Gasteiger partial charge in [0.2, 0.25) is 5.76 Å². The van der Waals surface area contributed by atoms with Crippen LogP contribution in [0.4, 0.5) is 5.69 Å². The number of nitrogen functional groups attached to an aromatic ring is 1. The summed E-state index contributed by atoms with van der Waals surface area (Å²) in [6, 6.07) is 5.36. The number of hydrogen-bond donors (Lipinski definition) is 2. The van der Waals surface area contributed by atoms with E-state index in [0.29, 0.717) is 22.3 Å². The molecule has 0 radical (unpaired) electrons. The fourth-order valence-corrected chi connectivity index (χ4v) is 3.18. The summed E-state index contributed by atoms with van der Waals surface area (Å²) in [4.78, 5) is 21.6. The van der Waals surface area contributed by atoms with Crippen molar-refractivity contribution < 1.29 is 18.7 Å². The molecule has 6 nitrogen and oxygen atoms in total. The maximum atomic E-state index is 11.2. The van der Waals surface area contributed by atoms with Crippen molar-refractivity contribution in [2.75, 3.05) is 12.3 Å². The van der Waals surface area contributed by atoms with Gasteiger partial charge in [-0.2, -0.15) is 0 Å². The van der Waals surface area contributed by atoms with Crippen LogP contribution in [0.3, 0.4) is 0 Å². The molecule has 3 rings (SSSR count). The quantitative estimate of drug-likeness (QED) is 0.713. The van der Waals surface area contributed by atoms with Crippen LogP contribution in [-0.2, 0) is 4.79 Å². The SMILES string of the molecule is NC(=O)c1oc2c(sc3c(OCC=O)cccc32)c1N. The molecular formula is C13H10N2O4S. The highest BCUT2D eigenvalue weighted by molar-refractivity contribution is 7.26. The highest BCUT2D eigenvalue weighted by Crippen LogP contribution is 2.44. The predicted octanol–water partition coefficient (Wildman–Crippen LogP) is 1.91. The Hall–Kier alpha value is -2.54. The Labute approximate surface area is 116 Å². The van der Waals surface area contributed by atoms with Crippen LogP contribution in [0.5, 0.6) is 5.75 Å². The van der Waals surface area contributed by atoms with Crippen molar-refractivity contribution in [1.29, 1.82) is 0 Å². The normalized spacial score (nSPS) is 11.0. The summed E-state index contributed by atoms with van der Waals surface area (Å²) < 4.78 is 12.3. The van der Waals surface area contributed by atoms with E-state index in [1.54, 1.807) is 12.1 Å². The van der Waals surface area contributed by atoms with Gasteiger partial charge in [0.15, 0.2) is 11.9 Å². The highest BCUT2D eigenvalue weighted by atomic mass is 32.1. The molecule has 20 heavy (non-hydrogen) atoms. The second-order valence-corrected chi connectivity index (χ2v) is 5.10. The van der Waals surface area contributed by atoms with Gasteiger partial charge in [-0.15, -0.1) is 11.3 Å². The lowest BCUT2D eigenvalue weighted by Gasteiger charge is -2.02. The van der Waals surface area contributed by atoms with Crippen LogP contribution in [-0.4, -0.2) is 18.8 Å². The van der Waals surface area contributed by atoms with Gasteiger partial charge in [0.1, 0.15) is 18.0 Å². The molecule has 0 fully saturated rings. The number of anilines is 1. The molecule has 102 valence electrons. The Morgan fingerprint density at radius 3 is 2.90 bits per heavy atom. The van der Waals surface area contributed by atoms with Gasteiger partial charge in [-0.25, -0.2) is 0 Å². The second kappa shape index (κ2) is 4.53. The van der Waals surface area contributed by atoms with Crippen LogP contribution in [0.1, 0.15) is 10.6 Å². The first kappa shape index (κ1) is 12.5. The number of rotatable bonds is 4. The molecule has 0 saturated heterocycles. The summed E-state index contributed by atoms with van der Waals surface area (Å²) in [6.07, 6.45) is 0.677. The molecule has 0 aliphatic heterocycles. The lowest BCUT2D eigenvalue weighted by atomic mass is 10.2. The fraction of sp³-hybridized carbons (Fsp3) is 0.0769. The molecule has 7 heteroatoms. The average Bonchev–Trinajstić information content (AvgIpc) is 2.94. The van der Waals surface area contributed by atoms with Gasteiger partial charge in [-0.1, -0.05) is 6.07 Å². The second-order valence-electron chi connectivity index (χ2n) is 4.08. The van der Waals surface area contributed by atoms with E-state index in [4.69, 9.17) is 20.6 Å². The van der Waals surface area contributed by atoms with E-state index < -0.39 is 5.91 Å². The summed E-state index contributed by atoms with van der Waals surface area (Å²) in [7, 11) is 0. The minimum absolute atomic E-state index is 0.0274. The number of amides is 1. The lowest BCUT2D eigenvalue weighted by molar-refractivity contribution is -0.109. The number of primary amides is 1. The summed E-state index contributed by atoms with van der Waals surface area (Å²) in [6.45, 7) is -0.0274. The van der Waals surface area contributed by atoms with E-state index in [9.17, 15) is 9.59 Å². The van der Waals surface area contributed by atoms with Crippen LogP contribution in [0.25, 0.3) is 20.4 Å². The number of carbonyl (C=O) groups excluding carboxylic acids is 2. The Kier molecular flexibility index (Phi) is 2.83. The summed E-state index contributed by atoms with van der Waals surface area (Å²) >= 11 is 1.34. The standard InChI is InChI=1S/C13H10N2O4S/c14-8-10(13(15)17)19-9-6-2-1-3-7(18-5-4-16)11(6)20-12(8)9/h1-4H,5,14H2,(H2,15,17). The molecule has 1 amide bonds. The summed E-state index contributed by atoms with van der Waals surface area (Å²) in [5.41, 5.74) is 11.8. The average molecular weight is 290 g/mol. The monoisotopic (exact) mass is 290 g/mol. The van der Waals surface area contributed by atoms with E-state index in [1.165, 1.54) is 11.3 Å². The Balaban J connectivity index is 2.27. The van der Waals surface area contributed by atoms with Crippen molar-refractivity contribution in [2.45, 2.75) is 0 Å². The van der Waals surface area contributed by atoms with Crippen LogP contribution in [0.15, 0.2) is 22.6 Å². The van der Waals surface area contributed by atoms with Gasteiger partial charge < -0.3 is 20.6 Å². The third-order valence-electron chi connectivity index (χ3n) is 2.86. The maximum absolute atomic E-state index is 11.2. The molecule has 0 unspecified atom stereocenters. The van der Waals surface area contributed by atoms with Crippen molar-refractivity contribution in [3.63, 3.8) is 0 Å². The first-order chi connectivity index (χ1) is 9.63. The van der Waals surface area contributed by atoms with Crippen LogP contribution < -0.4 is 16.2 Å². The van der Waals surface area contributed by atoms with Crippen molar-refractivity contribution >= 4 is 49.6 Å². The van der Waals surface area contributed by atoms with E-state index in [2.05, 4.69) is 0 Å². The van der Waals surface area contributed by atoms with Crippen LogP contribution in [0, 0.1) is 0 Å². The minimum atomic E-state index is -0.701. The smallest absolute Gasteiger partial charge is 0.286 e. The number of hydrogen-bond acceptors (Lipinski definition) is 6. The van der Waals surface area contributed by atoms with Crippen molar-refractivity contribution in [1.82, 2.24) is 0 Å². The molecule has 0 bridgehead atoms. The third-order valence-corrected chi connectivity index (χ3v) is 4.09. The zero-order chi connectivity index (χ0) is 14.3. The fourth-order valence-electron chi connectivity index (χ4n) is 2.03. The zero-order valence-corrected chi connectivity index (χ0v) is 11.0. The van der Waals surface area contributed by atoms with Crippen LogP contribution >= 0.6 is 11.3 Å². The number of ether oxygens (including phenoxy) is 1. The Bertz CT molecular complexity index is 834. The lowest BCUT2D eigenvalue weighted by Crippen LogP contribution is -2.11.